The van der Waals surface area contributed by atoms with Crippen LogP contribution in [-0.2, 0) is 4.74 Å². The van der Waals surface area contributed by atoms with E-state index < -0.39 is 5.97 Å². The molecule has 1 aromatic rings. The molecule has 0 aromatic carbocycles. The minimum atomic E-state index is -0.473. The maximum Gasteiger partial charge on any atom is 0.343 e. The molecule has 0 saturated heterocycles. The molecule has 0 radical (unpaired) electrons. The number of nitrogens with two attached hydrogens (primary N) is 1. The van der Waals surface area contributed by atoms with Gasteiger partial charge in [0, 0.05) is 5.92 Å². The maximum atomic E-state index is 11.6. The molecule has 1 aromatic heterocycles. The number of ether oxygens (including phenoxy) is 1. The molecule has 104 valence electrons. The largest absolute Gasteiger partial charge is 0.465 e. The Kier molecular flexibility index (Phi) is 4.02. The third-order valence-corrected chi connectivity index (χ3v) is 4.01. The van der Waals surface area contributed by atoms with Crippen molar-refractivity contribution in [1.29, 1.82) is 0 Å². The minimum Gasteiger partial charge on any atom is -0.465 e. The number of nitrogen functional groups attached to an aromatic ring is 1. The summed E-state index contributed by atoms with van der Waals surface area (Å²) in [6, 6.07) is 0. The van der Waals surface area contributed by atoms with E-state index in [-0.39, 0.29) is 11.4 Å². The molecule has 2 atom stereocenters. The number of esters is 1. The van der Waals surface area contributed by atoms with E-state index in [0.717, 1.165) is 24.6 Å². The van der Waals surface area contributed by atoms with Crippen molar-refractivity contribution < 1.29 is 9.53 Å². The summed E-state index contributed by atoms with van der Waals surface area (Å²) in [5.74, 6) is 1.67. The zero-order valence-electron chi connectivity index (χ0n) is 11.8. The zero-order chi connectivity index (χ0) is 14.0. The molecule has 1 saturated carbocycles. The number of anilines is 1. The van der Waals surface area contributed by atoms with E-state index in [1.54, 1.807) is 6.92 Å². The monoisotopic (exact) mass is 263 g/mol. The average Bonchev–Trinajstić information content (AvgIpc) is 2.86. The topological polar surface area (TPSA) is 78.1 Å². The van der Waals surface area contributed by atoms with E-state index in [1.807, 2.05) is 0 Å². The van der Waals surface area contributed by atoms with Crippen molar-refractivity contribution in [3.05, 3.63) is 17.1 Å². The number of rotatable bonds is 3. The Balaban J connectivity index is 2.28. The summed E-state index contributed by atoms with van der Waals surface area (Å²) in [5.41, 5.74) is 6.78. The van der Waals surface area contributed by atoms with Gasteiger partial charge >= 0.3 is 5.97 Å². The van der Waals surface area contributed by atoms with Gasteiger partial charge in [0.05, 0.1) is 12.8 Å². The third kappa shape index (κ3) is 2.69. The molecule has 1 aliphatic rings. The van der Waals surface area contributed by atoms with Crippen LogP contribution in [0.1, 0.15) is 60.4 Å². The van der Waals surface area contributed by atoms with Crippen molar-refractivity contribution in [1.82, 2.24) is 9.97 Å². The van der Waals surface area contributed by atoms with Crippen LogP contribution in [0.15, 0.2) is 0 Å². The molecule has 19 heavy (non-hydrogen) atoms. The second-order valence-electron chi connectivity index (χ2n) is 5.20. The fraction of sp³-hybridized carbons (Fsp3) is 0.643. The first-order valence-electron chi connectivity index (χ1n) is 6.79. The first-order chi connectivity index (χ1) is 9.06. The van der Waals surface area contributed by atoms with E-state index in [1.165, 1.54) is 20.0 Å². The molecule has 2 rings (SSSR count). The lowest BCUT2D eigenvalue weighted by atomic mass is 10.0. The first-order valence-corrected chi connectivity index (χ1v) is 6.79. The Morgan fingerprint density at radius 1 is 1.42 bits per heavy atom. The van der Waals surface area contributed by atoms with Crippen LogP contribution in [0.5, 0.6) is 0 Å². The lowest BCUT2D eigenvalue weighted by Gasteiger charge is -2.13. The van der Waals surface area contributed by atoms with Crippen molar-refractivity contribution in [2.75, 3.05) is 12.8 Å². The molecule has 2 N–H and O–H groups in total. The fourth-order valence-electron chi connectivity index (χ4n) is 2.83. The van der Waals surface area contributed by atoms with Crippen LogP contribution in [-0.4, -0.2) is 23.0 Å². The highest BCUT2D eigenvalue weighted by Crippen LogP contribution is 2.38. The van der Waals surface area contributed by atoms with Gasteiger partial charge in [-0.2, -0.15) is 0 Å². The van der Waals surface area contributed by atoms with Crippen molar-refractivity contribution >= 4 is 11.8 Å². The summed E-state index contributed by atoms with van der Waals surface area (Å²) in [6.45, 7) is 3.99. The highest BCUT2D eigenvalue weighted by molar-refractivity contribution is 5.95. The molecule has 5 nitrogen and oxygen atoms in total. The Morgan fingerprint density at radius 3 is 2.68 bits per heavy atom. The molecule has 1 aliphatic carbocycles. The second-order valence-corrected chi connectivity index (χ2v) is 5.20. The molecule has 0 amide bonds. The van der Waals surface area contributed by atoms with Gasteiger partial charge in [0.1, 0.15) is 17.2 Å². The molecule has 0 spiro atoms. The smallest absolute Gasteiger partial charge is 0.343 e. The lowest BCUT2D eigenvalue weighted by Crippen LogP contribution is -2.14. The number of nitrogens with zero attached hydrogens (tertiary/aromatic N) is 2. The number of aromatic nitrogens is 2. The first kappa shape index (κ1) is 13.8. The standard InChI is InChI=1S/C14H21N3O2/c1-4-9-5-6-10(7-9)13-16-8(2)11(12(15)17-13)14(18)19-3/h9-10H,4-7H2,1-3H3,(H2,15,16,17). The lowest BCUT2D eigenvalue weighted by molar-refractivity contribution is 0.0600. The van der Waals surface area contributed by atoms with Crippen molar-refractivity contribution in [2.45, 2.75) is 45.4 Å². The number of hydrogen-bond acceptors (Lipinski definition) is 5. The molecule has 0 bridgehead atoms. The van der Waals surface area contributed by atoms with Gasteiger partial charge in [-0.1, -0.05) is 13.3 Å². The number of aryl methyl sites for hydroxylation is 1. The number of methoxy groups -OCH3 is 1. The van der Waals surface area contributed by atoms with Gasteiger partial charge in [0.25, 0.3) is 0 Å². The normalized spacial score (nSPS) is 22.5. The number of carbonyl (C=O) groups excluding carboxylic acids is 1. The zero-order valence-corrected chi connectivity index (χ0v) is 11.8. The van der Waals surface area contributed by atoms with E-state index in [2.05, 4.69) is 16.9 Å². The van der Waals surface area contributed by atoms with Crippen LogP contribution >= 0.6 is 0 Å². The number of carbonyl (C=O) groups is 1. The van der Waals surface area contributed by atoms with Gasteiger partial charge in [-0.05, 0) is 32.1 Å². The van der Waals surface area contributed by atoms with Gasteiger partial charge in [0.2, 0.25) is 0 Å². The van der Waals surface area contributed by atoms with Crippen LogP contribution in [0.25, 0.3) is 0 Å². The van der Waals surface area contributed by atoms with E-state index >= 15 is 0 Å². The Labute approximate surface area is 113 Å². The van der Waals surface area contributed by atoms with E-state index in [4.69, 9.17) is 10.5 Å². The average molecular weight is 263 g/mol. The van der Waals surface area contributed by atoms with Gasteiger partial charge in [-0.25, -0.2) is 14.8 Å². The van der Waals surface area contributed by atoms with Gasteiger partial charge < -0.3 is 10.5 Å². The summed E-state index contributed by atoms with van der Waals surface area (Å²) in [4.78, 5) is 20.4. The fourth-order valence-corrected chi connectivity index (χ4v) is 2.83. The summed E-state index contributed by atoms with van der Waals surface area (Å²) < 4.78 is 4.70. The number of hydrogen-bond donors (Lipinski definition) is 1. The van der Waals surface area contributed by atoms with Crippen LogP contribution < -0.4 is 5.73 Å². The van der Waals surface area contributed by atoms with Crippen molar-refractivity contribution in [3.8, 4) is 0 Å². The van der Waals surface area contributed by atoms with Gasteiger partial charge in [-0.3, -0.25) is 0 Å². The molecule has 5 heteroatoms. The highest BCUT2D eigenvalue weighted by atomic mass is 16.5. The summed E-state index contributed by atoms with van der Waals surface area (Å²) >= 11 is 0. The summed E-state index contributed by atoms with van der Waals surface area (Å²) in [5, 5.41) is 0. The molecular formula is C14H21N3O2. The van der Waals surface area contributed by atoms with E-state index in [9.17, 15) is 4.79 Å². The molecule has 1 fully saturated rings. The van der Waals surface area contributed by atoms with Crippen LogP contribution in [0.4, 0.5) is 5.82 Å². The second kappa shape index (κ2) is 5.55. The predicted molar refractivity (Wildman–Crippen MR) is 72.9 cm³/mol. The Hall–Kier alpha value is -1.65. The quantitative estimate of drug-likeness (QED) is 0.847. The Bertz CT molecular complexity index is 465. The van der Waals surface area contributed by atoms with Gasteiger partial charge in [-0.15, -0.1) is 0 Å². The van der Waals surface area contributed by atoms with Crippen LogP contribution in [0.2, 0.25) is 0 Å². The van der Waals surface area contributed by atoms with Gasteiger partial charge in [0.15, 0.2) is 0 Å². The summed E-state index contributed by atoms with van der Waals surface area (Å²) in [7, 11) is 1.33. The third-order valence-electron chi connectivity index (χ3n) is 4.01. The summed E-state index contributed by atoms with van der Waals surface area (Å²) in [6.07, 6.45) is 4.65. The predicted octanol–water partition coefficient (Wildman–Crippen LogP) is 2.45. The molecular weight excluding hydrogens is 242 g/mol. The maximum absolute atomic E-state index is 11.6. The minimum absolute atomic E-state index is 0.231. The van der Waals surface area contributed by atoms with Crippen molar-refractivity contribution in [3.63, 3.8) is 0 Å². The Morgan fingerprint density at radius 2 is 2.16 bits per heavy atom. The van der Waals surface area contributed by atoms with E-state index in [0.29, 0.717) is 11.6 Å². The van der Waals surface area contributed by atoms with Crippen LogP contribution in [0.3, 0.4) is 0 Å². The molecule has 1 heterocycles. The van der Waals surface area contributed by atoms with Crippen LogP contribution in [0, 0.1) is 12.8 Å². The SMILES string of the molecule is CCC1CCC(c2nc(C)c(C(=O)OC)c(N)n2)C1. The highest BCUT2D eigenvalue weighted by Gasteiger charge is 2.28. The molecule has 0 aliphatic heterocycles. The molecule has 2 unspecified atom stereocenters. The van der Waals surface area contributed by atoms with Crippen molar-refractivity contribution in [2.24, 2.45) is 5.92 Å².